The van der Waals surface area contributed by atoms with Crippen LogP contribution >= 0.6 is 0 Å². The van der Waals surface area contributed by atoms with E-state index in [1.54, 1.807) is 17.0 Å². The molecule has 1 aromatic carbocycles. The highest BCUT2D eigenvalue weighted by molar-refractivity contribution is 7.89. The van der Waals surface area contributed by atoms with Gasteiger partial charge in [-0.25, -0.2) is 8.42 Å². The predicted molar refractivity (Wildman–Crippen MR) is 99.0 cm³/mol. The Balaban J connectivity index is 1.86. The van der Waals surface area contributed by atoms with Crippen molar-refractivity contribution >= 4 is 15.9 Å². The van der Waals surface area contributed by atoms with E-state index in [1.807, 2.05) is 0 Å². The Bertz CT molecular complexity index is 752. The molecule has 144 valence electrons. The summed E-state index contributed by atoms with van der Waals surface area (Å²) in [5, 5.41) is 0. The van der Waals surface area contributed by atoms with Crippen molar-refractivity contribution < 1.29 is 17.9 Å². The van der Waals surface area contributed by atoms with Gasteiger partial charge in [-0.05, 0) is 37.6 Å². The molecule has 2 heterocycles. The molecule has 2 saturated heterocycles. The molecule has 0 N–H and O–H groups in total. The molecular weight excluding hydrogens is 354 g/mol. The van der Waals surface area contributed by atoms with Crippen molar-refractivity contribution in [2.45, 2.75) is 24.7 Å². The van der Waals surface area contributed by atoms with Crippen LogP contribution < -0.4 is 4.74 Å². The van der Waals surface area contributed by atoms with Crippen LogP contribution in [0, 0.1) is 0 Å². The summed E-state index contributed by atoms with van der Waals surface area (Å²) in [7, 11) is -2.20. The number of hydrogen-bond acceptors (Lipinski definition) is 5. The second-order valence-corrected chi connectivity index (χ2v) is 8.61. The number of ether oxygens (including phenoxy) is 1. The maximum Gasteiger partial charge on any atom is 0.253 e. The van der Waals surface area contributed by atoms with Gasteiger partial charge in [0, 0.05) is 44.8 Å². The lowest BCUT2D eigenvalue weighted by Crippen LogP contribution is -2.48. The molecule has 2 fully saturated rings. The zero-order valence-corrected chi connectivity index (χ0v) is 16.3. The van der Waals surface area contributed by atoms with E-state index in [4.69, 9.17) is 4.74 Å². The number of likely N-dealkylation sites (N-methyl/N-ethyl adjacent to an activating group) is 1. The first-order valence-corrected chi connectivity index (χ1v) is 10.6. The zero-order chi connectivity index (χ0) is 18.7. The van der Waals surface area contributed by atoms with Gasteiger partial charge in [0.25, 0.3) is 5.91 Å². The van der Waals surface area contributed by atoms with Gasteiger partial charge in [0.15, 0.2) is 0 Å². The topological polar surface area (TPSA) is 70.2 Å². The summed E-state index contributed by atoms with van der Waals surface area (Å²) in [5.41, 5.74) is 0.397. The number of sulfonamides is 1. The second-order valence-electron chi connectivity index (χ2n) is 6.70. The van der Waals surface area contributed by atoms with Crippen molar-refractivity contribution in [3.05, 3.63) is 23.8 Å². The average Bonchev–Trinajstić information content (AvgIpc) is 3.22. The molecule has 0 spiro atoms. The van der Waals surface area contributed by atoms with Crippen LogP contribution in [0.4, 0.5) is 0 Å². The van der Waals surface area contributed by atoms with Crippen LogP contribution in [-0.2, 0) is 10.0 Å². The minimum absolute atomic E-state index is 0.0833. The number of amides is 1. The fraction of sp³-hybridized carbons (Fsp3) is 0.611. The van der Waals surface area contributed by atoms with E-state index in [2.05, 4.69) is 11.8 Å². The lowest BCUT2D eigenvalue weighted by atomic mass is 10.1. The standard InChI is InChI=1S/C18H27N3O4S/c1-3-19-10-12-20(13-11-19)18(22)15-6-7-16(25-2)17(14-15)26(23,24)21-8-4-5-9-21/h6-7,14H,3-5,8-13H2,1-2H3. The molecule has 1 amide bonds. The summed E-state index contributed by atoms with van der Waals surface area (Å²) in [4.78, 5) is 17.0. The van der Waals surface area contributed by atoms with Crippen LogP contribution in [0.25, 0.3) is 0 Å². The van der Waals surface area contributed by atoms with Crippen LogP contribution in [0.5, 0.6) is 5.75 Å². The third-order valence-corrected chi connectivity index (χ3v) is 7.12. The van der Waals surface area contributed by atoms with Crippen LogP contribution in [0.15, 0.2) is 23.1 Å². The Labute approximate surface area is 155 Å². The van der Waals surface area contributed by atoms with Crippen LogP contribution in [0.2, 0.25) is 0 Å². The van der Waals surface area contributed by atoms with Gasteiger partial charge in [-0.3, -0.25) is 4.79 Å². The molecule has 0 aromatic heterocycles. The fourth-order valence-corrected chi connectivity index (χ4v) is 5.23. The SMILES string of the molecule is CCN1CCN(C(=O)c2ccc(OC)c(S(=O)(=O)N3CCCC3)c2)CC1. The Morgan fingerprint density at radius 2 is 1.73 bits per heavy atom. The van der Waals surface area contributed by atoms with Crippen molar-refractivity contribution in [2.24, 2.45) is 0 Å². The number of hydrogen-bond donors (Lipinski definition) is 0. The number of rotatable bonds is 5. The third kappa shape index (κ3) is 3.72. The highest BCUT2D eigenvalue weighted by Crippen LogP contribution is 2.30. The van der Waals surface area contributed by atoms with Crippen molar-refractivity contribution in [3.63, 3.8) is 0 Å². The van der Waals surface area contributed by atoms with Gasteiger partial charge in [0.1, 0.15) is 10.6 Å². The first kappa shape index (κ1) is 19.1. The fourth-order valence-electron chi connectivity index (χ4n) is 3.53. The van der Waals surface area contributed by atoms with Gasteiger partial charge in [-0.15, -0.1) is 0 Å². The Kier molecular flexibility index (Phi) is 5.84. The number of carbonyl (C=O) groups excluding carboxylic acids is 1. The third-order valence-electron chi connectivity index (χ3n) is 5.20. The number of nitrogens with zero attached hydrogens (tertiary/aromatic N) is 3. The normalized spacial score (nSPS) is 19.7. The van der Waals surface area contributed by atoms with E-state index in [-0.39, 0.29) is 16.6 Å². The van der Waals surface area contributed by atoms with Gasteiger partial charge < -0.3 is 14.5 Å². The highest BCUT2D eigenvalue weighted by atomic mass is 32.2. The zero-order valence-electron chi connectivity index (χ0n) is 15.5. The second kappa shape index (κ2) is 7.94. The Morgan fingerprint density at radius 3 is 2.31 bits per heavy atom. The molecule has 1 aromatic rings. The first-order chi connectivity index (χ1) is 12.5. The molecule has 0 radical (unpaired) electrons. The number of carbonyl (C=O) groups is 1. The van der Waals surface area contributed by atoms with Gasteiger partial charge in [0.2, 0.25) is 10.0 Å². The molecule has 26 heavy (non-hydrogen) atoms. The van der Waals surface area contributed by atoms with Crippen LogP contribution in [0.3, 0.4) is 0 Å². The van der Waals surface area contributed by atoms with Gasteiger partial charge >= 0.3 is 0 Å². The lowest BCUT2D eigenvalue weighted by Gasteiger charge is -2.34. The maximum absolute atomic E-state index is 13.0. The molecule has 0 unspecified atom stereocenters. The lowest BCUT2D eigenvalue weighted by molar-refractivity contribution is 0.0643. The Morgan fingerprint density at radius 1 is 1.08 bits per heavy atom. The monoisotopic (exact) mass is 381 g/mol. The predicted octanol–water partition coefficient (Wildman–Crippen LogP) is 1.26. The molecule has 0 saturated carbocycles. The highest BCUT2D eigenvalue weighted by Gasteiger charge is 2.31. The minimum Gasteiger partial charge on any atom is -0.495 e. The summed E-state index contributed by atoms with van der Waals surface area (Å²) < 4.78 is 32.7. The molecule has 0 aliphatic carbocycles. The van der Waals surface area contributed by atoms with Crippen molar-refractivity contribution in [1.82, 2.24) is 14.1 Å². The van der Waals surface area contributed by atoms with E-state index in [1.165, 1.54) is 17.5 Å². The number of piperazine rings is 1. The summed E-state index contributed by atoms with van der Waals surface area (Å²) in [6.07, 6.45) is 1.73. The molecular formula is C18H27N3O4S. The molecule has 8 heteroatoms. The number of benzene rings is 1. The molecule has 0 atom stereocenters. The average molecular weight is 381 g/mol. The number of methoxy groups -OCH3 is 1. The van der Waals surface area contributed by atoms with Crippen molar-refractivity contribution in [1.29, 1.82) is 0 Å². The molecule has 2 aliphatic heterocycles. The van der Waals surface area contributed by atoms with E-state index in [0.717, 1.165) is 32.5 Å². The summed E-state index contributed by atoms with van der Waals surface area (Å²) >= 11 is 0. The van der Waals surface area contributed by atoms with Crippen LogP contribution in [0.1, 0.15) is 30.1 Å². The quantitative estimate of drug-likeness (QED) is 0.768. The molecule has 3 rings (SSSR count). The van der Waals surface area contributed by atoms with E-state index < -0.39 is 10.0 Å². The van der Waals surface area contributed by atoms with E-state index in [0.29, 0.717) is 31.7 Å². The smallest absolute Gasteiger partial charge is 0.253 e. The van der Waals surface area contributed by atoms with Crippen molar-refractivity contribution in [3.8, 4) is 5.75 Å². The van der Waals surface area contributed by atoms with Crippen molar-refractivity contribution in [2.75, 3.05) is 52.9 Å². The van der Waals surface area contributed by atoms with Gasteiger partial charge in [-0.2, -0.15) is 4.31 Å². The van der Waals surface area contributed by atoms with Gasteiger partial charge in [0.05, 0.1) is 7.11 Å². The summed E-state index contributed by atoms with van der Waals surface area (Å²) in [6.45, 7) is 7.12. The van der Waals surface area contributed by atoms with E-state index >= 15 is 0 Å². The molecule has 7 nitrogen and oxygen atoms in total. The first-order valence-electron chi connectivity index (χ1n) is 9.17. The summed E-state index contributed by atoms with van der Waals surface area (Å²) in [6, 6.07) is 4.70. The van der Waals surface area contributed by atoms with Gasteiger partial charge in [-0.1, -0.05) is 6.92 Å². The van der Waals surface area contributed by atoms with E-state index in [9.17, 15) is 13.2 Å². The largest absolute Gasteiger partial charge is 0.495 e. The minimum atomic E-state index is -3.65. The summed E-state index contributed by atoms with van der Waals surface area (Å²) in [5.74, 6) is 0.158. The Hall–Kier alpha value is -1.64. The molecule has 2 aliphatic rings. The van der Waals surface area contributed by atoms with Crippen LogP contribution in [-0.4, -0.2) is 81.4 Å². The molecule has 0 bridgehead atoms. The maximum atomic E-state index is 13.0.